The number of nitrogens with zero attached hydrogens (tertiary/aromatic N) is 4. The van der Waals surface area contributed by atoms with Crippen molar-refractivity contribution in [3.8, 4) is 0 Å². The Balaban J connectivity index is 3.14. The molecule has 1 heterocycles. The molecule has 2 unspecified atom stereocenters. The first-order chi connectivity index (χ1) is 13.4. The SMILES string of the molecule is NCC(N)c1nc(C(N)CN)nc(N(CCC[Si](O)(O)O)CCC[Si](O)(O)O)n1. The molecule has 14 N–H and O–H groups in total. The number of anilines is 1. The van der Waals surface area contributed by atoms with Crippen LogP contribution in [0.2, 0.25) is 12.1 Å². The van der Waals surface area contributed by atoms with Crippen LogP contribution in [0.3, 0.4) is 0 Å². The van der Waals surface area contributed by atoms with Crippen LogP contribution in [-0.4, -0.2) is 87.5 Å². The number of rotatable bonds is 13. The molecule has 29 heavy (non-hydrogen) atoms. The molecular formula is C13H32N8O6Si2. The van der Waals surface area contributed by atoms with E-state index in [4.69, 9.17) is 22.9 Å². The minimum atomic E-state index is -4.22. The van der Waals surface area contributed by atoms with Crippen molar-refractivity contribution >= 4 is 23.6 Å². The molecule has 14 nitrogen and oxygen atoms in total. The summed E-state index contributed by atoms with van der Waals surface area (Å²) in [5.41, 5.74) is 23.1. The van der Waals surface area contributed by atoms with Gasteiger partial charge in [-0.15, -0.1) is 0 Å². The lowest BCUT2D eigenvalue weighted by atomic mass is 10.2. The third-order valence-electron chi connectivity index (χ3n) is 3.99. The topological polar surface area (TPSA) is 267 Å². The summed E-state index contributed by atoms with van der Waals surface area (Å²) in [5, 5.41) is 0. The third kappa shape index (κ3) is 9.93. The summed E-state index contributed by atoms with van der Waals surface area (Å²) < 4.78 is 0. The molecule has 0 saturated heterocycles. The van der Waals surface area contributed by atoms with Crippen LogP contribution in [-0.2, 0) is 0 Å². The molecule has 0 spiro atoms. The molecule has 168 valence electrons. The van der Waals surface area contributed by atoms with Crippen molar-refractivity contribution in [2.45, 2.75) is 37.0 Å². The maximum atomic E-state index is 9.22. The van der Waals surface area contributed by atoms with E-state index in [0.29, 0.717) is 0 Å². The Morgan fingerprint density at radius 3 is 1.41 bits per heavy atom. The van der Waals surface area contributed by atoms with E-state index in [1.165, 1.54) is 0 Å². The molecule has 1 aromatic heterocycles. The highest BCUT2D eigenvalue weighted by atomic mass is 28.4. The summed E-state index contributed by atoms with van der Waals surface area (Å²) in [6.45, 7) is 0.544. The molecule has 1 aromatic rings. The first kappa shape index (κ1) is 25.9. The maximum absolute atomic E-state index is 9.22. The second kappa shape index (κ2) is 11.3. The van der Waals surface area contributed by atoms with Crippen LogP contribution in [0.25, 0.3) is 0 Å². The van der Waals surface area contributed by atoms with Gasteiger partial charge in [0, 0.05) is 38.3 Å². The zero-order chi connectivity index (χ0) is 22.2. The van der Waals surface area contributed by atoms with E-state index in [0.717, 1.165) is 0 Å². The Labute approximate surface area is 170 Å². The fraction of sp³-hybridized carbons (Fsp3) is 0.769. The molecule has 0 amide bonds. The second-order valence-corrected chi connectivity index (χ2v) is 10.9. The molecule has 0 bridgehead atoms. The number of hydrogen-bond acceptors (Lipinski definition) is 14. The highest BCUT2D eigenvalue weighted by molar-refractivity contribution is 6.56. The third-order valence-corrected chi connectivity index (χ3v) is 6.04. The zero-order valence-corrected chi connectivity index (χ0v) is 18.1. The van der Waals surface area contributed by atoms with Crippen LogP contribution in [0.5, 0.6) is 0 Å². The van der Waals surface area contributed by atoms with Crippen LogP contribution >= 0.6 is 0 Å². The summed E-state index contributed by atoms with van der Waals surface area (Å²) in [6, 6.07) is -1.78. The summed E-state index contributed by atoms with van der Waals surface area (Å²) in [4.78, 5) is 69.7. The van der Waals surface area contributed by atoms with Crippen LogP contribution < -0.4 is 27.8 Å². The Kier molecular flexibility index (Phi) is 10.1. The molecule has 1 rings (SSSR count). The van der Waals surface area contributed by atoms with E-state index >= 15 is 0 Å². The predicted molar refractivity (Wildman–Crippen MR) is 108 cm³/mol. The van der Waals surface area contributed by atoms with Gasteiger partial charge in [0.05, 0.1) is 12.1 Å². The summed E-state index contributed by atoms with van der Waals surface area (Å²) in [5.74, 6) is 0.568. The molecule has 2 atom stereocenters. The molecule has 0 fully saturated rings. The van der Waals surface area contributed by atoms with Gasteiger partial charge in [-0.05, 0) is 12.8 Å². The van der Waals surface area contributed by atoms with Crippen molar-refractivity contribution in [3.05, 3.63) is 11.6 Å². The van der Waals surface area contributed by atoms with E-state index < -0.39 is 29.7 Å². The van der Waals surface area contributed by atoms with Crippen molar-refractivity contribution in [3.63, 3.8) is 0 Å². The predicted octanol–water partition coefficient (Wildman–Crippen LogP) is -4.79. The Hall–Kier alpha value is -1.16. The van der Waals surface area contributed by atoms with Gasteiger partial charge in [-0.3, -0.25) is 0 Å². The lowest BCUT2D eigenvalue weighted by molar-refractivity contribution is 0.225. The van der Waals surface area contributed by atoms with Crippen molar-refractivity contribution in [2.75, 3.05) is 31.1 Å². The Morgan fingerprint density at radius 2 is 1.10 bits per heavy atom. The van der Waals surface area contributed by atoms with E-state index in [9.17, 15) is 28.8 Å². The van der Waals surface area contributed by atoms with Gasteiger partial charge in [0.15, 0.2) is 11.6 Å². The van der Waals surface area contributed by atoms with Crippen LogP contribution in [0.4, 0.5) is 5.95 Å². The van der Waals surface area contributed by atoms with Crippen LogP contribution in [0.1, 0.15) is 36.6 Å². The molecule has 0 aliphatic heterocycles. The lowest BCUT2D eigenvalue weighted by Crippen LogP contribution is -2.38. The van der Waals surface area contributed by atoms with E-state index in [2.05, 4.69) is 15.0 Å². The zero-order valence-electron chi connectivity index (χ0n) is 16.1. The second-order valence-electron chi connectivity index (χ2n) is 6.78. The van der Waals surface area contributed by atoms with Gasteiger partial charge < -0.3 is 56.6 Å². The molecule has 16 heteroatoms. The smallest absolute Gasteiger partial charge is 0.390 e. The van der Waals surface area contributed by atoms with Gasteiger partial charge in [0.1, 0.15) is 0 Å². The number of nitrogens with two attached hydrogens (primary N) is 4. The minimum Gasteiger partial charge on any atom is -0.390 e. The largest absolute Gasteiger partial charge is 0.492 e. The van der Waals surface area contributed by atoms with E-state index in [1.54, 1.807) is 4.90 Å². The molecule has 0 saturated carbocycles. The fourth-order valence-corrected chi connectivity index (χ4v) is 3.67. The van der Waals surface area contributed by atoms with Gasteiger partial charge in [0.25, 0.3) is 0 Å². The molecular weight excluding hydrogens is 420 g/mol. The van der Waals surface area contributed by atoms with Gasteiger partial charge >= 0.3 is 17.6 Å². The van der Waals surface area contributed by atoms with Gasteiger partial charge in [-0.2, -0.15) is 9.97 Å². The Morgan fingerprint density at radius 1 is 0.724 bits per heavy atom. The van der Waals surface area contributed by atoms with E-state index in [1.807, 2.05) is 0 Å². The summed E-state index contributed by atoms with van der Waals surface area (Å²) in [7, 11) is -8.44. The summed E-state index contributed by atoms with van der Waals surface area (Å²) in [6.07, 6.45) is 0.385. The van der Waals surface area contributed by atoms with Crippen molar-refractivity contribution in [2.24, 2.45) is 22.9 Å². The standard InChI is InChI=1S/C13H32N8O6Si2/c14-7-9(16)11-18-12(10(17)8-15)20-13(19-11)21(3-1-5-28(22,23)24)4-2-6-29(25,26)27/h9-10,22-27H,1-8,14-17H2. The molecule has 0 aliphatic rings. The van der Waals surface area contributed by atoms with E-state index in [-0.39, 0.29) is 68.7 Å². The average Bonchev–Trinajstić information content (AvgIpc) is 2.63. The normalized spacial score (nSPS) is 14.7. The minimum absolute atomic E-state index is 0.0715. The highest BCUT2D eigenvalue weighted by Gasteiger charge is 2.29. The quantitative estimate of drug-likeness (QED) is 0.126. The van der Waals surface area contributed by atoms with Crippen molar-refractivity contribution < 1.29 is 28.8 Å². The molecule has 0 aromatic carbocycles. The Bertz CT molecular complexity index is 584. The average molecular weight is 453 g/mol. The molecule has 0 radical (unpaired) electrons. The maximum Gasteiger partial charge on any atom is 0.492 e. The van der Waals surface area contributed by atoms with Crippen LogP contribution in [0.15, 0.2) is 0 Å². The molecule has 0 aliphatic carbocycles. The summed E-state index contributed by atoms with van der Waals surface area (Å²) >= 11 is 0. The first-order valence-corrected chi connectivity index (χ1v) is 13.2. The number of hydrogen-bond donors (Lipinski definition) is 10. The highest BCUT2D eigenvalue weighted by Crippen LogP contribution is 2.17. The van der Waals surface area contributed by atoms with Crippen molar-refractivity contribution in [1.82, 2.24) is 15.0 Å². The van der Waals surface area contributed by atoms with Gasteiger partial charge in [0.2, 0.25) is 5.95 Å². The fourth-order valence-electron chi connectivity index (χ4n) is 2.41. The van der Waals surface area contributed by atoms with Crippen molar-refractivity contribution in [1.29, 1.82) is 0 Å². The monoisotopic (exact) mass is 452 g/mol. The lowest BCUT2D eigenvalue weighted by Gasteiger charge is -2.25. The van der Waals surface area contributed by atoms with Crippen LogP contribution in [0, 0.1) is 0 Å². The van der Waals surface area contributed by atoms with Gasteiger partial charge in [-0.1, -0.05) is 0 Å². The first-order valence-electron chi connectivity index (χ1n) is 9.12. The van der Waals surface area contributed by atoms with Gasteiger partial charge in [-0.25, -0.2) is 4.98 Å². The number of aromatic nitrogens is 3.